The Kier molecular flexibility index (Phi) is 6.13. The van der Waals surface area contributed by atoms with Gasteiger partial charge in [-0.05, 0) is 36.8 Å². The molecule has 1 heterocycles. The summed E-state index contributed by atoms with van der Waals surface area (Å²) in [4.78, 5) is 26.0. The normalized spacial score (nSPS) is 28.3. The molecule has 1 aliphatic carbocycles. The number of fused-ring (bicyclic) bond motifs is 2. The van der Waals surface area contributed by atoms with E-state index in [2.05, 4.69) is 0 Å². The van der Waals surface area contributed by atoms with Crippen molar-refractivity contribution in [3.63, 3.8) is 0 Å². The minimum Gasteiger partial charge on any atom is -0.508 e. The van der Waals surface area contributed by atoms with Gasteiger partial charge in [0.1, 0.15) is 47.3 Å². The van der Waals surface area contributed by atoms with Gasteiger partial charge in [-0.1, -0.05) is 24.3 Å². The van der Waals surface area contributed by atoms with Crippen LogP contribution in [0.3, 0.4) is 0 Å². The number of phenolic OH excluding ortho intramolecular Hbond substituents is 3. The van der Waals surface area contributed by atoms with E-state index in [1.165, 1.54) is 24.3 Å². The van der Waals surface area contributed by atoms with Gasteiger partial charge in [0.2, 0.25) is 12.1 Å². The number of esters is 1. The maximum atomic E-state index is 13.3. The number of hydrogen-bond acceptors (Lipinski definition) is 11. The zero-order valence-corrected chi connectivity index (χ0v) is 19.8. The molecule has 0 amide bonds. The van der Waals surface area contributed by atoms with Crippen LogP contribution in [-0.4, -0.2) is 78.2 Å². The van der Waals surface area contributed by atoms with Crippen molar-refractivity contribution in [1.29, 1.82) is 0 Å². The summed E-state index contributed by atoms with van der Waals surface area (Å²) < 4.78 is 11.0. The third-order valence-corrected chi connectivity index (χ3v) is 6.85. The molecule has 2 aliphatic rings. The largest absolute Gasteiger partial charge is 0.508 e. The monoisotopic (exact) mass is 524 g/mol. The second-order valence-corrected chi connectivity index (χ2v) is 9.36. The summed E-state index contributed by atoms with van der Waals surface area (Å²) in [5.74, 6) is -3.64. The highest BCUT2D eigenvalue weighted by Gasteiger charge is 2.59. The molecule has 0 saturated carbocycles. The number of benzene rings is 3. The molecule has 11 heteroatoms. The van der Waals surface area contributed by atoms with Crippen LogP contribution in [-0.2, 0) is 15.1 Å². The van der Waals surface area contributed by atoms with Crippen LogP contribution in [0.25, 0.3) is 0 Å². The highest BCUT2D eigenvalue weighted by Crippen LogP contribution is 2.51. The average molecular weight is 524 g/mol. The molecule has 6 atom stereocenters. The lowest BCUT2D eigenvalue weighted by Crippen LogP contribution is -2.65. The average Bonchev–Trinajstić information content (AvgIpc) is 2.87. The first-order valence-electron chi connectivity index (χ1n) is 11.6. The van der Waals surface area contributed by atoms with E-state index in [4.69, 9.17) is 9.47 Å². The number of rotatable bonds is 3. The van der Waals surface area contributed by atoms with Crippen molar-refractivity contribution in [3.8, 4) is 17.2 Å². The summed E-state index contributed by atoms with van der Waals surface area (Å²) in [5, 5.41) is 75.8. The lowest BCUT2D eigenvalue weighted by atomic mass is 9.68. The van der Waals surface area contributed by atoms with Gasteiger partial charge in [-0.15, -0.1) is 0 Å². The predicted molar refractivity (Wildman–Crippen MR) is 128 cm³/mol. The molecule has 11 nitrogen and oxygen atoms in total. The summed E-state index contributed by atoms with van der Waals surface area (Å²) in [5.41, 5.74) is -3.72. The van der Waals surface area contributed by atoms with Crippen LogP contribution < -0.4 is 0 Å². The molecule has 0 aromatic heterocycles. The van der Waals surface area contributed by atoms with E-state index in [-0.39, 0.29) is 11.1 Å². The third kappa shape index (κ3) is 3.80. The highest BCUT2D eigenvalue weighted by molar-refractivity contribution is 6.16. The molecule has 5 rings (SSSR count). The highest BCUT2D eigenvalue weighted by atomic mass is 16.7. The summed E-state index contributed by atoms with van der Waals surface area (Å²) in [7, 11) is 0. The number of aliphatic hydroxyl groups is 4. The Morgan fingerprint density at radius 1 is 0.868 bits per heavy atom. The number of phenols is 3. The second-order valence-electron chi connectivity index (χ2n) is 9.36. The van der Waals surface area contributed by atoms with E-state index in [9.17, 15) is 45.3 Å². The molecule has 198 valence electrons. The van der Waals surface area contributed by atoms with E-state index in [1.54, 1.807) is 25.1 Å². The third-order valence-electron chi connectivity index (χ3n) is 6.85. The summed E-state index contributed by atoms with van der Waals surface area (Å²) in [6, 6.07) is 12.1. The number of carbonyl (C=O) groups is 2. The molecule has 0 spiro atoms. The fourth-order valence-corrected chi connectivity index (χ4v) is 5.07. The van der Waals surface area contributed by atoms with Crippen LogP contribution >= 0.6 is 0 Å². The molecule has 3 aromatic carbocycles. The van der Waals surface area contributed by atoms with Gasteiger partial charge in [-0.3, -0.25) is 4.79 Å². The number of carbonyl (C=O) groups excluding carboxylic acids is 2. The van der Waals surface area contributed by atoms with Gasteiger partial charge in [0, 0.05) is 17.2 Å². The van der Waals surface area contributed by atoms with Gasteiger partial charge < -0.3 is 45.2 Å². The van der Waals surface area contributed by atoms with Crippen molar-refractivity contribution in [2.24, 2.45) is 0 Å². The SMILES string of the molecule is Cc1cc(O)c2c(c1)[C@](O)([C@H]1O[C@H](OC(=O)c3ccccc3)[C@@H](O)[C@@H](O)[C@@H]1O)c1cc(O)cc(O)c1C2=O. The zero-order valence-electron chi connectivity index (χ0n) is 19.8. The van der Waals surface area contributed by atoms with Gasteiger partial charge in [-0.2, -0.15) is 0 Å². The molecule has 38 heavy (non-hydrogen) atoms. The van der Waals surface area contributed by atoms with Crippen molar-refractivity contribution in [3.05, 3.63) is 88.0 Å². The zero-order chi connectivity index (χ0) is 27.5. The Morgan fingerprint density at radius 2 is 1.47 bits per heavy atom. The quantitative estimate of drug-likeness (QED) is 0.237. The molecule has 0 unspecified atom stereocenters. The van der Waals surface area contributed by atoms with Crippen molar-refractivity contribution >= 4 is 11.8 Å². The van der Waals surface area contributed by atoms with E-state index in [0.29, 0.717) is 5.56 Å². The van der Waals surface area contributed by atoms with Crippen molar-refractivity contribution in [2.45, 2.75) is 43.2 Å². The van der Waals surface area contributed by atoms with E-state index in [0.717, 1.165) is 12.1 Å². The van der Waals surface area contributed by atoms with Crippen molar-refractivity contribution in [1.82, 2.24) is 0 Å². The Balaban J connectivity index is 1.67. The Morgan fingerprint density at radius 3 is 2.13 bits per heavy atom. The molecule has 1 fully saturated rings. The van der Waals surface area contributed by atoms with Gasteiger partial charge in [0.25, 0.3) is 0 Å². The Labute approximate surface area is 215 Å². The van der Waals surface area contributed by atoms with Crippen LogP contribution in [0, 0.1) is 6.92 Å². The van der Waals surface area contributed by atoms with Crippen LogP contribution in [0.1, 0.15) is 43.0 Å². The molecular weight excluding hydrogens is 500 g/mol. The number of aromatic hydroxyl groups is 3. The first-order valence-corrected chi connectivity index (χ1v) is 11.6. The fourth-order valence-electron chi connectivity index (χ4n) is 5.07. The first-order chi connectivity index (χ1) is 17.9. The van der Waals surface area contributed by atoms with Crippen molar-refractivity contribution < 1.29 is 54.8 Å². The number of aliphatic hydroxyl groups excluding tert-OH is 3. The van der Waals surface area contributed by atoms with E-state index >= 15 is 0 Å². The molecule has 1 saturated heterocycles. The topological polar surface area (TPSA) is 194 Å². The number of aryl methyl sites for hydroxylation is 1. The lowest BCUT2D eigenvalue weighted by molar-refractivity contribution is -0.308. The molecule has 0 radical (unpaired) electrons. The Hall–Kier alpha value is -4.00. The Bertz CT molecular complexity index is 1370. The fraction of sp³-hybridized carbons (Fsp3) is 0.259. The van der Waals surface area contributed by atoms with Crippen LogP contribution in [0.2, 0.25) is 0 Å². The summed E-state index contributed by atoms with van der Waals surface area (Å²) >= 11 is 0. The maximum Gasteiger partial charge on any atom is 0.340 e. The molecule has 7 N–H and O–H groups in total. The second kappa shape index (κ2) is 9.08. The number of hydrogen-bond donors (Lipinski definition) is 7. The van der Waals surface area contributed by atoms with E-state index in [1.807, 2.05) is 0 Å². The predicted octanol–water partition coefficient (Wildman–Crippen LogP) is 0.557. The minimum absolute atomic E-state index is 0.0912. The smallest absolute Gasteiger partial charge is 0.340 e. The van der Waals surface area contributed by atoms with Gasteiger partial charge in [0.05, 0.1) is 16.7 Å². The van der Waals surface area contributed by atoms with Crippen LogP contribution in [0.4, 0.5) is 0 Å². The minimum atomic E-state index is -2.61. The summed E-state index contributed by atoms with van der Waals surface area (Å²) in [6.07, 6.45) is -9.83. The lowest BCUT2D eigenvalue weighted by Gasteiger charge is -2.48. The standard InChI is InChI=1S/C27H24O11/c1-11-7-14-18(16(29)8-11)20(31)19-15(9-13(28)10-17(19)30)27(14,36)24-22(33)21(32)23(34)26(37-24)38-25(35)12-5-3-2-4-6-12/h2-10,21-24,26,28-30,32-34,36H,1H3/t21-,22-,23-,24-,26+,27+/m0/s1. The number of ketones is 1. The molecule has 1 aliphatic heterocycles. The summed E-state index contributed by atoms with van der Waals surface area (Å²) in [6.45, 7) is 1.56. The number of ether oxygens (including phenoxy) is 2. The van der Waals surface area contributed by atoms with Crippen molar-refractivity contribution in [2.75, 3.05) is 0 Å². The molecular formula is C27H24O11. The van der Waals surface area contributed by atoms with Crippen LogP contribution in [0.5, 0.6) is 17.2 Å². The molecule has 3 aromatic rings. The first kappa shape index (κ1) is 25.6. The van der Waals surface area contributed by atoms with Gasteiger partial charge in [-0.25, -0.2) is 4.79 Å². The maximum absolute atomic E-state index is 13.3. The van der Waals surface area contributed by atoms with E-state index < -0.39 is 82.0 Å². The van der Waals surface area contributed by atoms with Crippen LogP contribution in [0.15, 0.2) is 54.6 Å². The molecule has 0 bridgehead atoms. The van der Waals surface area contributed by atoms with Gasteiger partial charge >= 0.3 is 5.97 Å². The van der Waals surface area contributed by atoms with Gasteiger partial charge in [0.15, 0.2) is 0 Å².